The van der Waals surface area contributed by atoms with Crippen LogP contribution in [0.3, 0.4) is 0 Å². The van der Waals surface area contributed by atoms with Gasteiger partial charge in [-0.25, -0.2) is 4.98 Å². The number of hydrogen-bond donors (Lipinski definition) is 0. The SMILES string of the molecule is FC(F)(F)C1CCCN(Cc2ccc(Cl)nc2)C1. The summed E-state index contributed by atoms with van der Waals surface area (Å²) in [6, 6.07) is 3.45. The van der Waals surface area contributed by atoms with Gasteiger partial charge in [0.25, 0.3) is 0 Å². The van der Waals surface area contributed by atoms with Crippen LogP contribution in [0.5, 0.6) is 0 Å². The van der Waals surface area contributed by atoms with Gasteiger partial charge in [-0.15, -0.1) is 0 Å². The molecule has 0 saturated carbocycles. The summed E-state index contributed by atoms with van der Waals surface area (Å²) in [6.07, 6.45) is -1.65. The molecular formula is C12H14ClF3N2. The maximum absolute atomic E-state index is 12.6. The lowest BCUT2D eigenvalue weighted by Crippen LogP contribution is -2.41. The summed E-state index contributed by atoms with van der Waals surface area (Å²) in [5, 5.41) is 0.394. The Bertz CT molecular complexity index is 391. The van der Waals surface area contributed by atoms with Gasteiger partial charge in [0.05, 0.1) is 5.92 Å². The zero-order chi connectivity index (χ0) is 13.2. The third kappa shape index (κ3) is 3.59. The van der Waals surface area contributed by atoms with Crippen molar-refractivity contribution < 1.29 is 13.2 Å². The Labute approximate surface area is 109 Å². The van der Waals surface area contributed by atoms with Crippen molar-refractivity contribution in [3.8, 4) is 0 Å². The molecule has 2 heterocycles. The van der Waals surface area contributed by atoms with Crippen LogP contribution in [-0.2, 0) is 6.54 Å². The molecule has 0 N–H and O–H groups in total. The van der Waals surface area contributed by atoms with Crippen molar-refractivity contribution in [2.45, 2.75) is 25.6 Å². The highest BCUT2D eigenvalue weighted by molar-refractivity contribution is 6.29. The fraction of sp³-hybridized carbons (Fsp3) is 0.583. The van der Waals surface area contributed by atoms with Gasteiger partial charge in [-0.3, -0.25) is 4.90 Å². The van der Waals surface area contributed by atoms with Gasteiger partial charge in [0.1, 0.15) is 5.15 Å². The van der Waals surface area contributed by atoms with E-state index in [0.29, 0.717) is 24.7 Å². The molecule has 100 valence electrons. The van der Waals surface area contributed by atoms with Crippen LogP contribution in [0.15, 0.2) is 18.3 Å². The zero-order valence-electron chi connectivity index (χ0n) is 9.75. The van der Waals surface area contributed by atoms with E-state index in [9.17, 15) is 13.2 Å². The van der Waals surface area contributed by atoms with Gasteiger partial charge in [-0.2, -0.15) is 13.2 Å². The second-order valence-corrected chi connectivity index (χ2v) is 4.99. The normalized spacial score (nSPS) is 22.1. The monoisotopic (exact) mass is 278 g/mol. The van der Waals surface area contributed by atoms with Crippen molar-refractivity contribution in [2.75, 3.05) is 13.1 Å². The fourth-order valence-corrected chi connectivity index (χ4v) is 2.34. The van der Waals surface area contributed by atoms with Gasteiger partial charge < -0.3 is 0 Å². The molecule has 2 rings (SSSR count). The number of hydrogen-bond acceptors (Lipinski definition) is 2. The van der Waals surface area contributed by atoms with E-state index >= 15 is 0 Å². The Morgan fingerprint density at radius 2 is 2.17 bits per heavy atom. The van der Waals surface area contributed by atoms with E-state index < -0.39 is 12.1 Å². The summed E-state index contributed by atoms with van der Waals surface area (Å²) < 4.78 is 37.9. The highest BCUT2D eigenvalue weighted by atomic mass is 35.5. The van der Waals surface area contributed by atoms with Crippen molar-refractivity contribution in [3.63, 3.8) is 0 Å². The number of piperidine rings is 1. The third-order valence-corrected chi connectivity index (χ3v) is 3.39. The van der Waals surface area contributed by atoms with Crippen LogP contribution in [-0.4, -0.2) is 29.1 Å². The minimum Gasteiger partial charge on any atom is -0.298 e. The van der Waals surface area contributed by atoms with Crippen molar-refractivity contribution in [1.29, 1.82) is 0 Å². The number of halogens is 4. The molecule has 0 amide bonds. The molecule has 1 atom stereocenters. The predicted octanol–water partition coefficient (Wildman–Crippen LogP) is 3.51. The second kappa shape index (κ2) is 5.45. The highest BCUT2D eigenvalue weighted by Crippen LogP contribution is 2.33. The molecule has 0 aliphatic carbocycles. The first kappa shape index (κ1) is 13.6. The van der Waals surface area contributed by atoms with E-state index in [4.69, 9.17) is 11.6 Å². The van der Waals surface area contributed by atoms with E-state index in [2.05, 4.69) is 4.98 Å². The lowest BCUT2D eigenvalue weighted by Gasteiger charge is -2.33. The molecule has 0 bridgehead atoms. The first-order valence-electron chi connectivity index (χ1n) is 5.84. The van der Waals surface area contributed by atoms with E-state index in [-0.39, 0.29) is 13.0 Å². The topological polar surface area (TPSA) is 16.1 Å². The number of nitrogens with zero attached hydrogens (tertiary/aromatic N) is 2. The average molecular weight is 279 g/mol. The van der Waals surface area contributed by atoms with Crippen LogP contribution >= 0.6 is 11.6 Å². The smallest absolute Gasteiger partial charge is 0.298 e. The van der Waals surface area contributed by atoms with E-state index in [1.807, 2.05) is 4.90 Å². The molecule has 18 heavy (non-hydrogen) atoms. The zero-order valence-corrected chi connectivity index (χ0v) is 10.5. The Balaban J connectivity index is 1.95. The minimum atomic E-state index is -4.09. The molecular weight excluding hydrogens is 265 g/mol. The predicted molar refractivity (Wildman–Crippen MR) is 63.3 cm³/mol. The number of pyridine rings is 1. The fourth-order valence-electron chi connectivity index (χ4n) is 2.22. The lowest BCUT2D eigenvalue weighted by molar-refractivity contribution is -0.187. The highest BCUT2D eigenvalue weighted by Gasteiger charge is 2.41. The molecule has 0 spiro atoms. The first-order chi connectivity index (χ1) is 8.45. The number of rotatable bonds is 2. The van der Waals surface area contributed by atoms with Crippen LogP contribution in [0.4, 0.5) is 13.2 Å². The molecule has 1 saturated heterocycles. The maximum Gasteiger partial charge on any atom is 0.393 e. The maximum atomic E-state index is 12.6. The van der Waals surface area contributed by atoms with Gasteiger partial charge in [0.2, 0.25) is 0 Å². The molecule has 2 nitrogen and oxygen atoms in total. The van der Waals surface area contributed by atoms with E-state index in [1.165, 1.54) is 0 Å². The molecule has 1 aromatic rings. The third-order valence-electron chi connectivity index (χ3n) is 3.16. The van der Waals surface area contributed by atoms with E-state index in [0.717, 1.165) is 5.56 Å². The van der Waals surface area contributed by atoms with Gasteiger partial charge in [0.15, 0.2) is 0 Å². The Kier molecular flexibility index (Phi) is 4.12. The first-order valence-corrected chi connectivity index (χ1v) is 6.22. The molecule has 1 aliphatic heterocycles. The Morgan fingerprint density at radius 1 is 1.39 bits per heavy atom. The van der Waals surface area contributed by atoms with Gasteiger partial charge in [-0.1, -0.05) is 17.7 Å². The molecule has 1 aliphatic rings. The number of aromatic nitrogens is 1. The second-order valence-electron chi connectivity index (χ2n) is 4.61. The van der Waals surface area contributed by atoms with Crippen molar-refractivity contribution in [1.82, 2.24) is 9.88 Å². The Morgan fingerprint density at radius 3 is 2.78 bits per heavy atom. The molecule has 1 aromatic heterocycles. The van der Waals surface area contributed by atoms with Gasteiger partial charge >= 0.3 is 6.18 Å². The summed E-state index contributed by atoms with van der Waals surface area (Å²) in [6.45, 7) is 1.28. The Hall–Kier alpha value is -0.810. The summed E-state index contributed by atoms with van der Waals surface area (Å²) >= 11 is 5.66. The quantitative estimate of drug-likeness (QED) is 0.770. The van der Waals surface area contributed by atoms with Crippen LogP contribution < -0.4 is 0 Å². The molecule has 0 aromatic carbocycles. The largest absolute Gasteiger partial charge is 0.393 e. The van der Waals surface area contributed by atoms with Crippen LogP contribution in [0.25, 0.3) is 0 Å². The van der Waals surface area contributed by atoms with Gasteiger partial charge in [-0.05, 0) is 31.0 Å². The average Bonchev–Trinajstić information content (AvgIpc) is 2.31. The standard InChI is InChI=1S/C12H14ClF3N2/c13-11-4-3-9(6-17-11)7-18-5-1-2-10(8-18)12(14,15)16/h3-4,6,10H,1-2,5,7-8H2. The lowest BCUT2D eigenvalue weighted by atomic mass is 9.97. The summed E-state index contributed by atoms with van der Waals surface area (Å²) in [5.41, 5.74) is 0.891. The van der Waals surface area contributed by atoms with Crippen molar-refractivity contribution in [3.05, 3.63) is 29.0 Å². The number of likely N-dealkylation sites (tertiary alicyclic amines) is 1. The van der Waals surface area contributed by atoms with E-state index in [1.54, 1.807) is 18.3 Å². The molecule has 1 fully saturated rings. The summed E-state index contributed by atoms with van der Waals surface area (Å²) in [7, 11) is 0. The van der Waals surface area contributed by atoms with Crippen molar-refractivity contribution in [2.24, 2.45) is 5.92 Å². The van der Waals surface area contributed by atoms with Gasteiger partial charge in [0, 0.05) is 19.3 Å². The van der Waals surface area contributed by atoms with Crippen LogP contribution in [0.1, 0.15) is 18.4 Å². The summed E-state index contributed by atoms with van der Waals surface area (Å²) in [5.74, 6) is -1.20. The van der Waals surface area contributed by atoms with Crippen LogP contribution in [0.2, 0.25) is 5.15 Å². The molecule has 0 radical (unpaired) electrons. The number of alkyl halides is 3. The van der Waals surface area contributed by atoms with Crippen molar-refractivity contribution >= 4 is 11.6 Å². The van der Waals surface area contributed by atoms with Crippen LogP contribution in [0, 0.1) is 5.92 Å². The minimum absolute atomic E-state index is 0.0755. The molecule has 6 heteroatoms. The molecule has 1 unspecified atom stereocenters. The summed E-state index contributed by atoms with van der Waals surface area (Å²) in [4.78, 5) is 5.75.